The number of hydrogen-bond acceptors (Lipinski definition) is 5. The van der Waals surface area contributed by atoms with Gasteiger partial charge in [-0.2, -0.15) is 12.6 Å². The van der Waals surface area contributed by atoms with Gasteiger partial charge in [0.2, 0.25) is 0 Å². The fourth-order valence-electron chi connectivity index (χ4n) is 9.19. The second-order valence-corrected chi connectivity index (χ2v) is 19.0. The number of hydrogen-bond donors (Lipinski definition) is 1. The molecule has 1 aliphatic carbocycles. The Morgan fingerprint density at radius 1 is 0.957 bits per heavy atom. The molecule has 1 atom stereocenters. The van der Waals surface area contributed by atoms with E-state index in [-0.39, 0.29) is 56.6 Å². The molecule has 0 saturated carbocycles. The van der Waals surface area contributed by atoms with Crippen molar-refractivity contribution in [3.8, 4) is 0 Å². The van der Waals surface area contributed by atoms with Crippen LogP contribution in [0, 0.1) is 27.2 Å². The van der Waals surface area contributed by atoms with Crippen molar-refractivity contribution < 1.29 is 55.8 Å². The molecule has 0 amide bonds. The second-order valence-electron chi connectivity index (χ2n) is 17.5. The molecule has 4 aromatic carbocycles. The summed E-state index contributed by atoms with van der Waals surface area (Å²) in [5.41, 5.74) is 19.8. The Morgan fingerprint density at radius 3 is 2.45 bits per heavy atom. The van der Waals surface area contributed by atoms with Crippen LogP contribution in [-0.2, 0) is 6.42 Å². The Morgan fingerprint density at radius 2 is 1.72 bits per heavy atom. The van der Waals surface area contributed by atoms with E-state index < -0.39 is 0 Å². The number of aliphatic imine (C=N–C) groups is 1. The van der Waals surface area contributed by atoms with Crippen molar-refractivity contribution in [2.45, 2.75) is 92.2 Å². The Hall–Kier alpha value is -4.50. The second kappa shape index (κ2) is 26.1. The number of thiol groups is 1. The number of anilines is 1. The van der Waals surface area contributed by atoms with E-state index in [1.165, 1.54) is 44.6 Å². The van der Waals surface area contributed by atoms with Crippen molar-refractivity contribution in [2.24, 2.45) is 4.99 Å². The Labute approximate surface area is 465 Å². The SMILES string of the molecule is C=C/C(c1cc(C)c(CCC)c(C(/N=[C-]/C(/C=C\C)=C2\c3cc(C4=C/CCCC/C=C\N(c5ccccc5)SC/C=C\4)ccc3C2S)=C(\C)[CH-]c2ccccc2C)c1)=c1/oc(C=C)c(C)/c1=C/C.[K+]. The molecule has 0 fully saturated rings. The minimum Gasteiger partial charge on any atom is -0.456 e. The third-order valence-electron chi connectivity index (χ3n) is 12.8. The molecule has 3 nitrogen and oxygen atoms in total. The van der Waals surface area contributed by atoms with E-state index in [0.29, 0.717) is 0 Å². The van der Waals surface area contributed by atoms with Gasteiger partial charge in [0, 0.05) is 33.6 Å². The maximum atomic E-state index is 6.50. The number of nitrogens with zero attached hydrogens (tertiary/aromatic N) is 2. The minimum atomic E-state index is -0.0646. The maximum absolute atomic E-state index is 6.50. The first kappa shape index (κ1) is 53.8. The van der Waals surface area contributed by atoms with Crippen molar-refractivity contribution in [1.29, 1.82) is 0 Å². The average molecular weight is 970 g/mol. The topological polar surface area (TPSA) is 28.7 Å². The van der Waals surface area contributed by atoms with E-state index in [1.807, 2.05) is 18.0 Å². The standard InChI is InChI=1S/C63H66N2OS2.K/c1-10-26-50(60-57-40-49(34-35-56(57)63(60)67)47-29-19-16-15-17-24-36-65(68-37-25-31-47)52-32-20-18-21-33-52)42-64-61(45(8)39-48-30-23-22-28-43(48)6)58-41-51(38-44(7)55(58)27-11-2)54(13-4)62-53(12-3)46(9)59(14-5)66-62;/h10,12-14,18,20-26,28-36,38-41,63,67H,4-5,11,15-17,19,27,37H2,1-3,6-9H3;/q-2;+1/b26-10-,31-25-,36-24-,47-29+,53-12-,60-50+,61-45-,62-54-;. The van der Waals surface area contributed by atoms with Gasteiger partial charge in [0.1, 0.15) is 11.2 Å². The first-order valence-electron chi connectivity index (χ1n) is 24.1. The molecule has 348 valence electrons. The number of rotatable bonds is 13. The first-order valence-corrected chi connectivity index (χ1v) is 25.5. The quantitative estimate of drug-likeness (QED) is 0.0419. The van der Waals surface area contributed by atoms with Gasteiger partial charge in [0.05, 0.1) is 5.69 Å². The van der Waals surface area contributed by atoms with E-state index in [0.717, 1.165) is 111 Å². The van der Waals surface area contributed by atoms with Crippen molar-refractivity contribution in [3.05, 3.63) is 236 Å². The minimum absolute atomic E-state index is 0. The molecule has 0 radical (unpaired) electrons. The van der Waals surface area contributed by atoms with Crippen molar-refractivity contribution in [3.63, 3.8) is 0 Å². The smallest absolute Gasteiger partial charge is 0.456 e. The summed E-state index contributed by atoms with van der Waals surface area (Å²) in [6.45, 7) is 23.3. The van der Waals surface area contributed by atoms with Crippen LogP contribution < -0.4 is 66.3 Å². The van der Waals surface area contributed by atoms with Gasteiger partial charge >= 0.3 is 51.4 Å². The van der Waals surface area contributed by atoms with Gasteiger partial charge in [-0.15, -0.1) is 59.0 Å². The number of furan rings is 1. The summed E-state index contributed by atoms with van der Waals surface area (Å²) in [5.74, 6) is 1.62. The monoisotopic (exact) mass is 969 g/mol. The van der Waals surface area contributed by atoms with E-state index in [9.17, 15) is 0 Å². The van der Waals surface area contributed by atoms with Gasteiger partial charge in [-0.25, -0.2) is 0 Å². The molecule has 69 heavy (non-hydrogen) atoms. The maximum Gasteiger partial charge on any atom is 1.00 e. The van der Waals surface area contributed by atoms with E-state index in [2.05, 4.69) is 212 Å². The van der Waals surface area contributed by atoms with Gasteiger partial charge < -0.3 is 9.41 Å². The summed E-state index contributed by atoms with van der Waals surface area (Å²) in [6, 6.07) is 30.6. The normalized spacial score (nSPS) is 18.8. The molecule has 1 aromatic heterocycles. The Kier molecular flexibility index (Phi) is 20.4. The molecule has 0 bridgehead atoms. The predicted molar refractivity (Wildman–Crippen MR) is 301 cm³/mol. The zero-order valence-corrected chi connectivity index (χ0v) is 46.9. The summed E-state index contributed by atoms with van der Waals surface area (Å²) in [5, 5.41) is 0.983. The summed E-state index contributed by atoms with van der Waals surface area (Å²) >= 11 is 7.03. The largest absolute Gasteiger partial charge is 1.00 e. The molecule has 5 aromatic rings. The van der Waals surface area contributed by atoms with Crippen molar-refractivity contribution in [1.82, 2.24) is 0 Å². The summed E-state index contributed by atoms with van der Waals surface area (Å²) in [7, 11) is 0. The summed E-state index contributed by atoms with van der Waals surface area (Å²) in [4.78, 5) is 5.45. The van der Waals surface area contributed by atoms with Crippen LogP contribution >= 0.6 is 24.6 Å². The van der Waals surface area contributed by atoms with Crippen LogP contribution in [0.4, 0.5) is 5.69 Å². The van der Waals surface area contributed by atoms with Crippen LogP contribution in [0.2, 0.25) is 0 Å². The molecular formula is C63H66KN2OS2-. The summed E-state index contributed by atoms with van der Waals surface area (Å²) in [6.07, 6.45) is 33.7. The first-order chi connectivity index (χ1) is 33.1. The van der Waals surface area contributed by atoms with E-state index in [1.54, 1.807) is 6.08 Å². The predicted octanol–water partition coefficient (Wildman–Crippen LogP) is 13.1. The fourth-order valence-corrected chi connectivity index (χ4v) is 10.5. The molecule has 0 N–H and O–H groups in total. The Bertz CT molecular complexity index is 3010. The zero-order valence-electron chi connectivity index (χ0n) is 42.0. The molecule has 6 heteroatoms. The molecule has 1 aliphatic heterocycles. The molecule has 7 rings (SSSR count). The van der Waals surface area contributed by atoms with Gasteiger partial charge in [0.25, 0.3) is 0 Å². The van der Waals surface area contributed by atoms with Crippen molar-refractivity contribution >= 4 is 71.0 Å². The molecular weight excluding hydrogens is 904 g/mol. The van der Waals surface area contributed by atoms with Crippen LogP contribution in [0.25, 0.3) is 34.6 Å². The fraction of sp³-hybridized carbons (Fsp3) is 0.238. The van der Waals surface area contributed by atoms with Crippen LogP contribution in [0.5, 0.6) is 0 Å². The average Bonchev–Trinajstić information content (AvgIpc) is 3.67. The molecule has 0 spiro atoms. The van der Waals surface area contributed by atoms with Crippen LogP contribution in [0.1, 0.15) is 126 Å². The third-order valence-corrected chi connectivity index (χ3v) is 14.3. The number of allylic oxidation sites excluding steroid dienone is 9. The van der Waals surface area contributed by atoms with Gasteiger partial charge in [-0.3, -0.25) is 4.31 Å². The molecule has 0 saturated heterocycles. The van der Waals surface area contributed by atoms with Gasteiger partial charge in [0.15, 0.2) is 0 Å². The summed E-state index contributed by atoms with van der Waals surface area (Å²) < 4.78 is 8.78. The van der Waals surface area contributed by atoms with Crippen LogP contribution in [0.3, 0.4) is 0 Å². The molecule has 2 aliphatic rings. The van der Waals surface area contributed by atoms with Crippen LogP contribution in [0.15, 0.2) is 167 Å². The third kappa shape index (κ3) is 12.7. The molecule has 2 heterocycles. The van der Waals surface area contributed by atoms with E-state index in [4.69, 9.17) is 22.0 Å². The zero-order chi connectivity index (χ0) is 48.2. The van der Waals surface area contributed by atoms with Gasteiger partial charge in [-0.05, 0) is 134 Å². The number of aryl methyl sites for hydroxylation is 2. The van der Waals surface area contributed by atoms with E-state index >= 15 is 0 Å². The molecule has 1 unspecified atom stereocenters. The number of para-hydroxylation sites is 1. The Balaban J connectivity index is 0.00000782. The van der Waals surface area contributed by atoms with Crippen LogP contribution in [-0.4, -0.2) is 12.0 Å². The van der Waals surface area contributed by atoms with Gasteiger partial charge in [-0.1, -0.05) is 149 Å². The van der Waals surface area contributed by atoms with Crippen molar-refractivity contribution in [2.75, 3.05) is 10.1 Å². The number of benzene rings is 4. The number of fused-ring (bicyclic) bond motifs is 1.